The average Bonchev–Trinajstić information content (AvgIpc) is 2.19. The number of hydroxylamine groups is 1. The van der Waals surface area contributed by atoms with E-state index in [2.05, 4.69) is 10.3 Å². The van der Waals surface area contributed by atoms with Gasteiger partial charge in [-0.3, -0.25) is 4.84 Å². The Hall–Kier alpha value is -1.07. The van der Waals surface area contributed by atoms with E-state index in [1.54, 1.807) is 6.92 Å². The standard InChI is InChI=1S/C12H16F3NO/c1-8-4-5-9(2)11(6-8)10(3)16-17-7-12(13,14)15/h4-6,10,16H,7H2,1-3H3. The summed E-state index contributed by atoms with van der Waals surface area (Å²) in [5, 5.41) is 0. The van der Waals surface area contributed by atoms with Crippen molar-refractivity contribution in [2.45, 2.75) is 33.0 Å². The molecule has 1 unspecified atom stereocenters. The maximum atomic E-state index is 11.9. The molecular formula is C12H16F3NO. The molecule has 0 aliphatic heterocycles. The van der Waals surface area contributed by atoms with Crippen molar-refractivity contribution in [2.24, 2.45) is 0 Å². The highest BCUT2D eigenvalue weighted by Gasteiger charge is 2.28. The molecule has 0 aliphatic rings. The van der Waals surface area contributed by atoms with Gasteiger partial charge in [0, 0.05) is 0 Å². The molecule has 0 saturated carbocycles. The number of rotatable bonds is 4. The molecule has 0 radical (unpaired) electrons. The van der Waals surface area contributed by atoms with E-state index in [9.17, 15) is 13.2 Å². The van der Waals surface area contributed by atoms with Crippen molar-refractivity contribution >= 4 is 0 Å². The summed E-state index contributed by atoms with van der Waals surface area (Å²) in [6.07, 6.45) is -4.31. The van der Waals surface area contributed by atoms with Gasteiger partial charge in [-0.05, 0) is 31.9 Å². The first-order valence-electron chi connectivity index (χ1n) is 5.31. The van der Waals surface area contributed by atoms with Crippen molar-refractivity contribution in [3.05, 3.63) is 34.9 Å². The van der Waals surface area contributed by atoms with Crippen LogP contribution in [0.3, 0.4) is 0 Å². The highest BCUT2D eigenvalue weighted by molar-refractivity contribution is 5.32. The largest absolute Gasteiger partial charge is 0.413 e. The van der Waals surface area contributed by atoms with E-state index >= 15 is 0 Å². The smallest absolute Gasteiger partial charge is 0.292 e. The van der Waals surface area contributed by atoms with Gasteiger partial charge in [-0.15, -0.1) is 0 Å². The van der Waals surface area contributed by atoms with Crippen LogP contribution in [0.4, 0.5) is 13.2 Å². The summed E-state index contributed by atoms with van der Waals surface area (Å²) in [7, 11) is 0. The zero-order valence-corrected chi connectivity index (χ0v) is 10.1. The fourth-order valence-electron chi connectivity index (χ4n) is 1.54. The monoisotopic (exact) mass is 247 g/mol. The maximum absolute atomic E-state index is 11.9. The number of benzene rings is 1. The van der Waals surface area contributed by atoms with E-state index in [-0.39, 0.29) is 6.04 Å². The van der Waals surface area contributed by atoms with Gasteiger partial charge in [-0.1, -0.05) is 23.8 Å². The number of halogens is 3. The molecule has 0 bridgehead atoms. The molecule has 1 aromatic rings. The Bertz CT molecular complexity index is 377. The van der Waals surface area contributed by atoms with Crippen LogP contribution in [0.25, 0.3) is 0 Å². The second-order valence-corrected chi connectivity index (χ2v) is 4.10. The lowest BCUT2D eigenvalue weighted by Crippen LogP contribution is -2.27. The first kappa shape index (κ1) is 14.0. The Morgan fingerprint density at radius 3 is 2.53 bits per heavy atom. The number of alkyl halides is 3. The van der Waals surface area contributed by atoms with Crippen molar-refractivity contribution in [3.8, 4) is 0 Å². The van der Waals surface area contributed by atoms with Crippen LogP contribution in [0.15, 0.2) is 18.2 Å². The molecule has 1 N–H and O–H groups in total. The molecule has 0 spiro atoms. The average molecular weight is 247 g/mol. The molecule has 1 atom stereocenters. The van der Waals surface area contributed by atoms with Crippen LogP contribution < -0.4 is 5.48 Å². The minimum Gasteiger partial charge on any atom is -0.292 e. The van der Waals surface area contributed by atoms with Gasteiger partial charge in [0.05, 0.1) is 6.04 Å². The van der Waals surface area contributed by atoms with Crippen LogP contribution in [-0.4, -0.2) is 12.8 Å². The molecule has 5 heteroatoms. The van der Waals surface area contributed by atoms with Gasteiger partial charge in [-0.25, -0.2) is 0 Å². The van der Waals surface area contributed by atoms with E-state index in [1.165, 1.54) is 0 Å². The molecule has 0 aliphatic carbocycles. The minimum absolute atomic E-state index is 0.280. The van der Waals surface area contributed by atoms with E-state index < -0.39 is 12.8 Å². The van der Waals surface area contributed by atoms with Crippen LogP contribution in [0, 0.1) is 13.8 Å². The summed E-state index contributed by atoms with van der Waals surface area (Å²) in [5.41, 5.74) is 5.43. The zero-order chi connectivity index (χ0) is 13.1. The summed E-state index contributed by atoms with van der Waals surface area (Å²) >= 11 is 0. The summed E-state index contributed by atoms with van der Waals surface area (Å²) < 4.78 is 35.7. The van der Waals surface area contributed by atoms with Crippen LogP contribution >= 0.6 is 0 Å². The summed E-state index contributed by atoms with van der Waals surface area (Å²) in [4.78, 5) is 4.43. The number of hydrogen-bond donors (Lipinski definition) is 1. The lowest BCUT2D eigenvalue weighted by atomic mass is 10.0. The van der Waals surface area contributed by atoms with Crippen LogP contribution in [0.2, 0.25) is 0 Å². The maximum Gasteiger partial charge on any atom is 0.413 e. The molecular weight excluding hydrogens is 231 g/mol. The lowest BCUT2D eigenvalue weighted by Gasteiger charge is -2.17. The van der Waals surface area contributed by atoms with Gasteiger partial charge < -0.3 is 0 Å². The Morgan fingerprint density at radius 1 is 1.29 bits per heavy atom. The van der Waals surface area contributed by atoms with Crippen LogP contribution in [-0.2, 0) is 4.84 Å². The molecule has 17 heavy (non-hydrogen) atoms. The zero-order valence-electron chi connectivity index (χ0n) is 10.1. The van der Waals surface area contributed by atoms with Gasteiger partial charge in [0.25, 0.3) is 0 Å². The summed E-state index contributed by atoms with van der Waals surface area (Å²) in [5.74, 6) is 0. The second-order valence-electron chi connectivity index (χ2n) is 4.10. The predicted molar refractivity (Wildman–Crippen MR) is 59.5 cm³/mol. The third-order valence-corrected chi connectivity index (χ3v) is 2.40. The molecule has 0 heterocycles. The molecule has 2 nitrogen and oxygen atoms in total. The third kappa shape index (κ3) is 4.75. The first-order chi connectivity index (χ1) is 7.79. The predicted octanol–water partition coefficient (Wildman–Crippen LogP) is 3.45. The van der Waals surface area contributed by atoms with Crippen molar-refractivity contribution < 1.29 is 18.0 Å². The Labute approximate surface area is 98.7 Å². The third-order valence-electron chi connectivity index (χ3n) is 2.40. The Morgan fingerprint density at radius 2 is 1.94 bits per heavy atom. The molecule has 1 rings (SSSR count). The number of hydrogen-bond acceptors (Lipinski definition) is 2. The molecule has 0 fully saturated rings. The molecule has 96 valence electrons. The minimum atomic E-state index is -4.31. The molecule has 1 aromatic carbocycles. The SMILES string of the molecule is Cc1ccc(C)c(C(C)NOCC(F)(F)F)c1. The fraction of sp³-hybridized carbons (Fsp3) is 0.500. The van der Waals surface area contributed by atoms with Gasteiger partial charge in [0.1, 0.15) is 0 Å². The van der Waals surface area contributed by atoms with Gasteiger partial charge in [-0.2, -0.15) is 18.7 Å². The van der Waals surface area contributed by atoms with E-state index in [4.69, 9.17) is 0 Å². The van der Waals surface area contributed by atoms with Crippen molar-refractivity contribution in [3.63, 3.8) is 0 Å². The summed E-state index contributed by atoms with van der Waals surface area (Å²) in [6, 6.07) is 5.55. The fourth-order valence-corrected chi connectivity index (χ4v) is 1.54. The Balaban J connectivity index is 2.58. The molecule has 0 saturated heterocycles. The normalized spacial score (nSPS) is 13.8. The van der Waals surface area contributed by atoms with Crippen molar-refractivity contribution in [2.75, 3.05) is 6.61 Å². The van der Waals surface area contributed by atoms with Gasteiger partial charge in [0.15, 0.2) is 6.61 Å². The lowest BCUT2D eigenvalue weighted by molar-refractivity contribution is -0.192. The van der Waals surface area contributed by atoms with E-state index in [0.717, 1.165) is 16.7 Å². The van der Waals surface area contributed by atoms with E-state index in [1.807, 2.05) is 32.0 Å². The first-order valence-corrected chi connectivity index (χ1v) is 5.31. The number of aryl methyl sites for hydroxylation is 2. The van der Waals surface area contributed by atoms with Crippen molar-refractivity contribution in [1.29, 1.82) is 0 Å². The summed E-state index contributed by atoms with van der Waals surface area (Å²) in [6.45, 7) is 4.32. The van der Waals surface area contributed by atoms with Crippen LogP contribution in [0.5, 0.6) is 0 Å². The van der Waals surface area contributed by atoms with Gasteiger partial charge >= 0.3 is 6.18 Å². The Kier molecular flexibility index (Phi) is 4.54. The topological polar surface area (TPSA) is 21.3 Å². The van der Waals surface area contributed by atoms with Gasteiger partial charge in [0.2, 0.25) is 0 Å². The highest BCUT2D eigenvalue weighted by Crippen LogP contribution is 2.20. The quantitative estimate of drug-likeness (QED) is 0.823. The van der Waals surface area contributed by atoms with E-state index in [0.29, 0.717) is 0 Å². The molecule has 0 aromatic heterocycles. The molecule has 0 amide bonds. The van der Waals surface area contributed by atoms with Crippen molar-refractivity contribution in [1.82, 2.24) is 5.48 Å². The second kappa shape index (κ2) is 5.51. The number of nitrogens with one attached hydrogen (secondary N) is 1. The highest BCUT2D eigenvalue weighted by atomic mass is 19.4. The van der Waals surface area contributed by atoms with Crippen LogP contribution in [0.1, 0.15) is 29.7 Å².